The number of aliphatic hydroxyl groups excluding tert-OH is 1. The lowest BCUT2D eigenvalue weighted by Crippen LogP contribution is -2.49. The lowest BCUT2D eigenvalue weighted by atomic mass is 10.1. The van der Waals surface area contributed by atoms with Crippen LogP contribution in [0.15, 0.2) is 0 Å². The quantitative estimate of drug-likeness (QED) is 0.381. The van der Waals surface area contributed by atoms with E-state index in [0.717, 1.165) is 0 Å². The van der Waals surface area contributed by atoms with Gasteiger partial charge in [-0.2, -0.15) is 0 Å². The molecule has 6 nitrogen and oxygen atoms in total. The molecule has 0 aromatic rings. The minimum absolute atomic E-state index is 0.204. The van der Waals surface area contributed by atoms with Gasteiger partial charge >= 0.3 is 5.97 Å². The van der Waals surface area contributed by atoms with E-state index in [0.29, 0.717) is 0 Å². The first-order chi connectivity index (χ1) is 6.02. The van der Waals surface area contributed by atoms with Gasteiger partial charge in [-0.15, -0.1) is 0 Å². The molecular weight excluding hydrogens is 176 g/mol. The maximum absolute atomic E-state index is 11.1. The summed E-state index contributed by atoms with van der Waals surface area (Å²) in [7, 11) is 0. The van der Waals surface area contributed by atoms with Crippen LogP contribution in [-0.2, 0) is 9.59 Å². The van der Waals surface area contributed by atoms with Gasteiger partial charge in [0.1, 0.15) is 12.1 Å². The number of carbonyl (C=O) groups excluding carboxylic acids is 1. The van der Waals surface area contributed by atoms with Crippen molar-refractivity contribution in [3.8, 4) is 0 Å². The largest absolute Gasteiger partial charge is 0.480 e. The number of carboxylic acids is 1. The van der Waals surface area contributed by atoms with Crippen molar-refractivity contribution in [2.75, 3.05) is 0 Å². The number of aliphatic carboxylic acids is 1. The molecule has 13 heavy (non-hydrogen) atoms. The fraction of sp³-hybridized carbons (Fsp3) is 0.714. The van der Waals surface area contributed by atoms with Crippen LogP contribution in [0.1, 0.15) is 12.8 Å². The Morgan fingerprint density at radius 1 is 1.54 bits per heavy atom. The van der Waals surface area contributed by atoms with Crippen molar-refractivity contribution in [3.05, 3.63) is 0 Å². The van der Waals surface area contributed by atoms with E-state index >= 15 is 0 Å². The molecule has 1 heterocycles. The summed E-state index contributed by atoms with van der Waals surface area (Å²) in [6.45, 7) is 0. The van der Waals surface area contributed by atoms with Crippen molar-refractivity contribution in [3.63, 3.8) is 0 Å². The van der Waals surface area contributed by atoms with Crippen LogP contribution < -0.4 is 11.1 Å². The third-order valence-corrected chi connectivity index (χ3v) is 2.08. The Hall–Kier alpha value is -1.14. The van der Waals surface area contributed by atoms with Gasteiger partial charge in [0.25, 0.3) is 0 Å². The Morgan fingerprint density at radius 3 is 2.69 bits per heavy atom. The molecule has 0 bridgehead atoms. The molecule has 6 heteroatoms. The molecule has 0 aromatic carbocycles. The van der Waals surface area contributed by atoms with E-state index in [2.05, 4.69) is 5.32 Å². The van der Waals surface area contributed by atoms with Crippen LogP contribution in [0.25, 0.3) is 0 Å². The first-order valence-corrected chi connectivity index (χ1v) is 3.99. The summed E-state index contributed by atoms with van der Waals surface area (Å²) in [5.41, 5.74) is 5.33. The van der Waals surface area contributed by atoms with Gasteiger partial charge in [0.05, 0.1) is 6.10 Å². The molecule has 0 aliphatic carbocycles. The van der Waals surface area contributed by atoms with Gasteiger partial charge < -0.3 is 21.3 Å². The topological polar surface area (TPSA) is 113 Å². The number of hydrogen-bond donors (Lipinski definition) is 4. The third kappa shape index (κ3) is 2.16. The Bertz CT molecular complexity index is 231. The number of carboxylic acid groups (broad SMARTS) is 1. The average molecular weight is 188 g/mol. The molecule has 74 valence electrons. The van der Waals surface area contributed by atoms with E-state index in [-0.39, 0.29) is 12.8 Å². The predicted molar refractivity (Wildman–Crippen MR) is 42.8 cm³/mol. The van der Waals surface area contributed by atoms with E-state index in [4.69, 9.17) is 10.8 Å². The lowest BCUT2D eigenvalue weighted by molar-refractivity contribution is -0.141. The molecule has 0 spiro atoms. The molecular formula is C7H12N2O4. The maximum Gasteiger partial charge on any atom is 0.326 e. The number of hydrogen-bond acceptors (Lipinski definition) is 4. The standard InChI is InChI=1S/C7H12N2O4/c8-5-4(10)2-1-3(7(12)13)9-6(5)11/h3-5,10H,1-2,8H2,(H,9,11)(H,12,13). The number of carbonyl (C=O) groups is 2. The second-order valence-electron chi connectivity index (χ2n) is 3.07. The van der Waals surface area contributed by atoms with Gasteiger partial charge in [0.2, 0.25) is 5.91 Å². The summed E-state index contributed by atoms with van der Waals surface area (Å²) in [6, 6.07) is -1.96. The van der Waals surface area contributed by atoms with Gasteiger partial charge in [-0.25, -0.2) is 4.79 Å². The minimum Gasteiger partial charge on any atom is -0.480 e. The SMILES string of the molecule is NC1C(=O)NC(C(=O)O)CCC1O. The van der Waals surface area contributed by atoms with Crippen molar-refractivity contribution in [2.24, 2.45) is 5.73 Å². The minimum atomic E-state index is -1.10. The Kier molecular flexibility index (Phi) is 2.84. The van der Waals surface area contributed by atoms with Gasteiger partial charge in [0.15, 0.2) is 0 Å². The van der Waals surface area contributed by atoms with Crippen LogP contribution in [0, 0.1) is 0 Å². The van der Waals surface area contributed by atoms with Crippen LogP contribution in [0.3, 0.4) is 0 Å². The highest BCUT2D eigenvalue weighted by Gasteiger charge is 2.32. The van der Waals surface area contributed by atoms with Crippen molar-refractivity contribution >= 4 is 11.9 Å². The fourth-order valence-electron chi connectivity index (χ4n) is 1.22. The van der Waals surface area contributed by atoms with E-state index in [1.54, 1.807) is 0 Å². The summed E-state index contributed by atoms with van der Waals surface area (Å²) in [4.78, 5) is 21.6. The van der Waals surface area contributed by atoms with E-state index < -0.39 is 30.1 Å². The Morgan fingerprint density at radius 2 is 2.15 bits per heavy atom. The molecule has 0 aromatic heterocycles. The highest BCUT2D eigenvalue weighted by molar-refractivity contribution is 5.87. The van der Waals surface area contributed by atoms with Gasteiger partial charge in [-0.1, -0.05) is 0 Å². The molecule has 5 N–H and O–H groups in total. The normalized spacial score (nSPS) is 34.9. The zero-order chi connectivity index (χ0) is 10.0. The van der Waals surface area contributed by atoms with E-state index in [1.807, 2.05) is 0 Å². The zero-order valence-corrected chi connectivity index (χ0v) is 6.93. The highest BCUT2D eigenvalue weighted by Crippen LogP contribution is 2.09. The van der Waals surface area contributed by atoms with Crippen LogP contribution in [-0.4, -0.2) is 40.3 Å². The number of nitrogens with two attached hydrogens (primary N) is 1. The number of amides is 1. The predicted octanol–water partition coefficient (Wildman–Crippen LogP) is -1.96. The summed E-state index contributed by atoms with van der Waals surface area (Å²) in [5, 5.41) is 20.1. The average Bonchev–Trinajstić information content (AvgIpc) is 2.19. The van der Waals surface area contributed by atoms with E-state index in [9.17, 15) is 14.7 Å². The van der Waals surface area contributed by atoms with Crippen molar-refractivity contribution in [1.29, 1.82) is 0 Å². The third-order valence-electron chi connectivity index (χ3n) is 2.08. The molecule has 1 amide bonds. The van der Waals surface area contributed by atoms with Gasteiger partial charge in [-0.3, -0.25) is 4.79 Å². The first-order valence-electron chi connectivity index (χ1n) is 3.99. The molecule has 1 saturated heterocycles. The van der Waals surface area contributed by atoms with Crippen molar-refractivity contribution in [2.45, 2.75) is 31.0 Å². The van der Waals surface area contributed by atoms with Crippen LogP contribution in [0.5, 0.6) is 0 Å². The first kappa shape index (κ1) is 9.94. The number of nitrogens with one attached hydrogen (secondary N) is 1. The molecule has 1 aliphatic heterocycles. The summed E-state index contributed by atoms with van der Waals surface area (Å²) in [6.07, 6.45) is -0.531. The second kappa shape index (κ2) is 3.71. The molecule has 1 rings (SSSR count). The second-order valence-corrected chi connectivity index (χ2v) is 3.07. The molecule has 1 fully saturated rings. The number of rotatable bonds is 1. The molecule has 3 unspecified atom stereocenters. The maximum atomic E-state index is 11.1. The Balaban J connectivity index is 2.69. The Labute approximate surface area is 74.7 Å². The van der Waals surface area contributed by atoms with Crippen molar-refractivity contribution in [1.82, 2.24) is 5.32 Å². The highest BCUT2D eigenvalue weighted by atomic mass is 16.4. The molecule has 1 aliphatic rings. The van der Waals surface area contributed by atoms with Crippen LogP contribution in [0.4, 0.5) is 0 Å². The molecule has 0 saturated carbocycles. The smallest absolute Gasteiger partial charge is 0.326 e. The monoisotopic (exact) mass is 188 g/mol. The molecule has 3 atom stereocenters. The zero-order valence-electron chi connectivity index (χ0n) is 6.93. The van der Waals surface area contributed by atoms with Gasteiger partial charge in [0, 0.05) is 0 Å². The fourth-order valence-corrected chi connectivity index (χ4v) is 1.22. The van der Waals surface area contributed by atoms with E-state index in [1.165, 1.54) is 0 Å². The summed E-state index contributed by atoms with van der Waals surface area (Å²) >= 11 is 0. The number of aliphatic hydroxyl groups is 1. The van der Waals surface area contributed by atoms with Crippen LogP contribution >= 0.6 is 0 Å². The van der Waals surface area contributed by atoms with Gasteiger partial charge in [-0.05, 0) is 12.8 Å². The van der Waals surface area contributed by atoms with Crippen LogP contribution in [0.2, 0.25) is 0 Å². The molecule has 0 radical (unpaired) electrons. The van der Waals surface area contributed by atoms with Crippen molar-refractivity contribution < 1.29 is 19.8 Å². The summed E-state index contributed by atoms with van der Waals surface area (Å²) < 4.78 is 0. The lowest BCUT2D eigenvalue weighted by Gasteiger charge is -2.12. The summed E-state index contributed by atoms with van der Waals surface area (Å²) in [5.74, 6) is -1.72.